The number of rotatable bonds is 1. The van der Waals surface area contributed by atoms with Crippen molar-refractivity contribution in [1.29, 1.82) is 0 Å². The molecule has 0 heterocycles. The molecule has 0 aliphatic heterocycles. The minimum atomic E-state index is -0.102. The third-order valence-electron chi connectivity index (χ3n) is 3.72. The summed E-state index contributed by atoms with van der Waals surface area (Å²) in [7, 11) is 0. The lowest BCUT2D eigenvalue weighted by Crippen LogP contribution is -2.28. The Hall–Kier alpha value is -0.790. The molecular weight excluding hydrogens is 150 g/mol. The van der Waals surface area contributed by atoms with E-state index in [1.165, 1.54) is 17.6 Å². The molecule has 2 bridgehead atoms. The van der Waals surface area contributed by atoms with Gasteiger partial charge in [-0.2, -0.15) is 0 Å². The van der Waals surface area contributed by atoms with Gasteiger partial charge in [-0.25, -0.2) is 0 Å². The second kappa shape index (κ2) is 2.35. The highest BCUT2D eigenvalue weighted by molar-refractivity contribution is 5.78. The number of fused-ring (bicyclic) bond motifs is 2. The molecular formula is C10H15NO. The van der Waals surface area contributed by atoms with Crippen molar-refractivity contribution < 1.29 is 4.79 Å². The maximum Gasteiger partial charge on any atom is 0.221 e. The molecule has 2 aliphatic rings. The van der Waals surface area contributed by atoms with Crippen LogP contribution in [0.3, 0.4) is 0 Å². The lowest BCUT2D eigenvalue weighted by molar-refractivity contribution is -0.122. The normalized spacial score (nSPS) is 39.3. The van der Waals surface area contributed by atoms with Gasteiger partial charge in [-0.1, -0.05) is 11.1 Å². The first-order valence-electron chi connectivity index (χ1n) is 4.58. The van der Waals surface area contributed by atoms with E-state index in [4.69, 9.17) is 5.73 Å². The van der Waals surface area contributed by atoms with Crippen molar-refractivity contribution in [3.05, 3.63) is 11.1 Å². The number of carbonyl (C=O) groups is 1. The fourth-order valence-corrected chi connectivity index (χ4v) is 2.80. The van der Waals surface area contributed by atoms with Crippen LogP contribution in [0, 0.1) is 17.8 Å². The minimum Gasteiger partial charge on any atom is -0.369 e. The Morgan fingerprint density at radius 3 is 2.42 bits per heavy atom. The second-order valence-electron chi connectivity index (χ2n) is 4.15. The molecule has 3 unspecified atom stereocenters. The fourth-order valence-electron chi connectivity index (χ4n) is 2.80. The lowest BCUT2D eigenvalue weighted by Gasteiger charge is -2.21. The summed E-state index contributed by atoms with van der Waals surface area (Å²) >= 11 is 0. The molecule has 0 radical (unpaired) electrons. The number of hydrogen-bond acceptors (Lipinski definition) is 1. The highest BCUT2D eigenvalue weighted by atomic mass is 16.1. The van der Waals surface area contributed by atoms with Gasteiger partial charge in [0.15, 0.2) is 0 Å². The van der Waals surface area contributed by atoms with Crippen LogP contribution in [0.2, 0.25) is 0 Å². The molecule has 3 atom stereocenters. The van der Waals surface area contributed by atoms with Crippen LogP contribution in [-0.2, 0) is 4.79 Å². The second-order valence-corrected chi connectivity index (χ2v) is 4.15. The summed E-state index contributed by atoms with van der Waals surface area (Å²) in [5.41, 5.74) is 8.27. The van der Waals surface area contributed by atoms with Gasteiger partial charge in [-0.3, -0.25) is 4.79 Å². The zero-order chi connectivity index (χ0) is 8.88. The van der Waals surface area contributed by atoms with E-state index in [2.05, 4.69) is 13.8 Å². The van der Waals surface area contributed by atoms with Crippen LogP contribution in [0.25, 0.3) is 0 Å². The van der Waals surface area contributed by atoms with Crippen molar-refractivity contribution in [1.82, 2.24) is 0 Å². The van der Waals surface area contributed by atoms with E-state index in [0.717, 1.165) is 6.42 Å². The van der Waals surface area contributed by atoms with Crippen molar-refractivity contribution in [3.63, 3.8) is 0 Å². The Bertz CT molecular complexity index is 267. The predicted octanol–water partition coefficient (Wildman–Crippen LogP) is 1.46. The van der Waals surface area contributed by atoms with E-state index in [-0.39, 0.29) is 11.8 Å². The first-order chi connectivity index (χ1) is 5.61. The minimum absolute atomic E-state index is 0.102. The molecule has 12 heavy (non-hydrogen) atoms. The fraction of sp³-hybridized carbons (Fsp3) is 0.700. The van der Waals surface area contributed by atoms with Crippen LogP contribution >= 0.6 is 0 Å². The van der Waals surface area contributed by atoms with E-state index in [1.807, 2.05) is 0 Å². The third-order valence-corrected chi connectivity index (χ3v) is 3.72. The highest BCUT2D eigenvalue weighted by Crippen LogP contribution is 2.51. The SMILES string of the molecule is CC1=C(C)C2CC1CC2C(N)=O. The van der Waals surface area contributed by atoms with Crippen LogP contribution in [0.1, 0.15) is 26.7 Å². The largest absolute Gasteiger partial charge is 0.369 e. The average molecular weight is 165 g/mol. The lowest BCUT2D eigenvalue weighted by atomic mass is 9.84. The molecule has 0 saturated heterocycles. The highest BCUT2D eigenvalue weighted by Gasteiger charge is 2.44. The van der Waals surface area contributed by atoms with Gasteiger partial charge in [0, 0.05) is 5.92 Å². The molecule has 0 spiro atoms. The van der Waals surface area contributed by atoms with Crippen LogP contribution in [0.4, 0.5) is 0 Å². The van der Waals surface area contributed by atoms with Gasteiger partial charge in [-0.15, -0.1) is 0 Å². The Morgan fingerprint density at radius 1 is 1.33 bits per heavy atom. The number of carbonyl (C=O) groups excluding carboxylic acids is 1. The summed E-state index contributed by atoms with van der Waals surface area (Å²) in [6.07, 6.45) is 2.18. The molecule has 2 nitrogen and oxygen atoms in total. The van der Waals surface area contributed by atoms with Gasteiger partial charge >= 0.3 is 0 Å². The van der Waals surface area contributed by atoms with Crippen LogP contribution in [-0.4, -0.2) is 5.91 Å². The summed E-state index contributed by atoms with van der Waals surface area (Å²) in [5.74, 6) is 1.17. The Morgan fingerprint density at radius 2 is 2.00 bits per heavy atom. The monoisotopic (exact) mass is 165 g/mol. The van der Waals surface area contributed by atoms with Crippen LogP contribution in [0.15, 0.2) is 11.1 Å². The zero-order valence-electron chi connectivity index (χ0n) is 7.63. The smallest absolute Gasteiger partial charge is 0.221 e. The van der Waals surface area contributed by atoms with Crippen molar-refractivity contribution in [2.75, 3.05) is 0 Å². The van der Waals surface area contributed by atoms with Crippen molar-refractivity contribution in [2.24, 2.45) is 23.5 Å². The van der Waals surface area contributed by atoms with Gasteiger partial charge in [0.25, 0.3) is 0 Å². The van der Waals surface area contributed by atoms with Crippen molar-refractivity contribution >= 4 is 5.91 Å². The Balaban J connectivity index is 2.28. The number of amides is 1. The van der Waals surface area contributed by atoms with Gasteiger partial charge in [-0.05, 0) is 38.5 Å². The quantitative estimate of drug-likeness (QED) is 0.587. The molecule has 66 valence electrons. The maximum atomic E-state index is 11.0. The molecule has 0 aromatic rings. The molecule has 2 heteroatoms. The van der Waals surface area contributed by atoms with Gasteiger partial charge in [0.1, 0.15) is 0 Å². The molecule has 2 aliphatic carbocycles. The number of nitrogens with two attached hydrogens (primary N) is 1. The number of allylic oxidation sites excluding steroid dienone is 2. The summed E-state index contributed by atoms with van der Waals surface area (Å²) < 4.78 is 0. The molecule has 2 N–H and O–H groups in total. The third kappa shape index (κ3) is 0.838. The average Bonchev–Trinajstić information content (AvgIpc) is 2.53. The summed E-state index contributed by atoms with van der Waals surface area (Å²) in [6, 6.07) is 0. The van der Waals surface area contributed by atoms with Crippen LogP contribution < -0.4 is 5.73 Å². The first kappa shape index (κ1) is 7.84. The van der Waals surface area contributed by atoms with Crippen molar-refractivity contribution in [2.45, 2.75) is 26.7 Å². The topological polar surface area (TPSA) is 43.1 Å². The first-order valence-corrected chi connectivity index (χ1v) is 4.58. The Kier molecular flexibility index (Phi) is 1.53. The van der Waals surface area contributed by atoms with Gasteiger partial charge in [0.05, 0.1) is 0 Å². The molecule has 0 aromatic carbocycles. The number of primary amides is 1. The molecule has 1 saturated carbocycles. The Labute approximate surface area is 72.8 Å². The van der Waals surface area contributed by atoms with Gasteiger partial charge in [0.2, 0.25) is 5.91 Å². The van der Waals surface area contributed by atoms with E-state index in [0.29, 0.717) is 11.8 Å². The van der Waals surface area contributed by atoms with E-state index < -0.39 is 0 Å². The van der Waals surface area contributed by atoms with Crippen LogP contribution in [0.5, 0.6) is 0 Å². The molecule has 2 rings (SSSR count). The maximum absolute atomic E-state index is 11.0. The number of hydrogen-bond donors (Lipinski definition) is 1. The summed E-state index contributed by atoms with van der Waals surface area (Å²) in [4.78, 5) is 11.0. The van der Waals surface area contributed by atoms with E-state index in [9.17, 15) is 4.79 Å². The molecule has 0 aromatic heterocycles. The molecule has 1 fully saturated rings. The van der Waals surface area contributed by atoms with E-state index >= 15 is 0 Å². The summed E-state index contributed by atoms with van der Waals surface area (Å²) in [5, 5.41) is 0. The summed E-state index contributed by atoms with van der Waals surface area (Å²) in [6.45, 7) is 4.34. The molecule has 1 amide bonds. The standard InChI is InChI=1S/C10H15NO/c1-5-6(2)8-3-7(5)4-9(8)10(11)12/h7-9H,3-4H2,1-2H3,(H2,11,12). The predicted molar refractivity (Wildman–Crippen MR) is 47.3 cm³/mol. The zero-order valence-corrected chi connectivity index (χ0v) is 7.63. The van der Waals surface area contributed by atoms with E-state index in [1.54, 1.807) is 0 Å². The van der Waals surface area contributed by atoms with Crippen molar-refractivity contribution in [3.8, 4) is 0 Å². The van der Waals surface area contributed by atoms with Gasteiger partial charge < -0.3 is 5.73 Å².